The van der Waals surface area contributed by atoms with Crippen molar-refractivity contribution < 1.29 is 0 Å². The fourth-order valence-electron chi connectivity index (χ4n) is 4.31. The second-order valence-electron chi connectivity index (χ2n) is 9.33. The van der Waals surface area contributed by atoms with E-state index < -0.39 is 0 Å². The number of benzene rings is 3. The third-order valence-electron chi connectivity index (χ3n) is 6.18. The predicted molar refractivity (Wildman–Crippen MR) is 124 cm³/mol. The Balaban J connectivity index is 0.000000706. The maximum Gasteiger partial charge on any atom is -0.0100 e. The molecule has 0 amide bonds. The summed E-state index contributed by atoms with van der Waals surface area (Å²) in [5.41, 5.74) is 12.2. The molecule has 0 heterocycles. The predicted octanol–water partition coefficient (Wildman–Crippen LogP) is 7.25. The minimum absolute atomic E-state index is 0.258. The van der Waals surface area contributed by atoms with Crippen LogP contribution in [0, 0.1) is 6.92 Å². The van der Waals surface area contributed by atoms with Crippen LogP contribution in [0.4, 0.5) is 0 Å². The Labute approximate surface area is 170 Å². The van der Waals surface area contributed by atoms with Crippen molar-refractivity contribution in [1.82, 2.24) is 0 Å². The molecule has 0 saturated carbocycles. The van der Waals surface area contributed by atoms with E-state index in [0.29, 0.717) is 0 Å². The Hall–Kier alpha value is -2.54. The molecule has 1 nitrogen and oxygen atoms in total. The zero-order chi connectivity index (χ0) is 20.5. The van der Waals surface area contributed by atoms with Crippen LogP contribution < -0.4 is 5.73 Å². The van der Waals surface area contributed by atoms with Crippen LogP contribution in [0.3, 0.4) is 0 Å². The van der Waals surface area contributed by atoms with Gasteiger partial charge in [0.1, 0.15) is 0 Å². The average Bonchev–Trinajstić information content (AvgIpc) is 2.65. The van der Waals surface area contributed by atoms with Gasteiger partial charge in [0.05, 0.1) is 0 Å². The van der Waals surface area contributed by atoms with Crippen molar-refractivity contribution in [2.75, 3.05) is 0 Å². The van der Waals surface area contributed by atoms with E-state index in [1.807, 2.05) is 0 Å². The topological polar surface area (TPSA) is 26.0 Å². The normalized spacial score (nSPS) is 16.6. The maximum atomic E-state index is 4.61. The van der Waals surface area contributed by atoms with E-state index >= 15 is 0 Å². The summed E-state index contributed by atoms with van der Waals surface area (Å²) >= 11 is 0. The molecule has 0 spiro atoms. The van der Waals surface area contributed by atoms with Gasteiger partial charge in [0.25, 0.3) is 0 Å². The monoisotopic (exact) mass is 371 g/mol. The summed E-state index contributed by atoms with van der Waals surface area (Å²) in [4.78, 5) is 0. The number of hydrogen-bond acceptors (Lipinski definition) is 1. The van der Waals surface area contributed by atoms with E-state index in [1.54, 1.807) is 0 Å². The first-order chi connectivity index (χ1) is 13.2. The van der Waals surface area contributed by atoms with Crippen molar-refractivity contribution >= 4 is 10.8 Å². The van der Waals surface area contributed by atoms with E-state index in [4.69, 9.17) is 0 Å². The maximum absolute atomic E-state index is 4.61. The second-order valence-corrected chi connectivity index (χ2v) is 9.33. The van der Waals surface area contributed by atoms with Gasteiger partial charge in [-0.1, -0.05) is 88.4 Å². The lowest BCUT2D eigenvalue weighted by Crippen LogP contribution is -2.33. The number of fused-ring (bicyclic) bond motifs is 2. The first-order valence-corrected chi connectivity index (χ1v) is 10.2. The lowest BCUT2D eigenvalue weighted by atomic mass is 9.63. The van der Waals surface area contributed by atoms with Gasteiger partial charge in [0.2, 0.25) is 0 Å². The summed E-state index contributed by atoms with van der Waals surface area (Å²) < 4.78 is 0. The van der Waals surface area contributed by atoms with Gasteiger partial charge in [-0.2, -0.15) is 0 Å². The molecule has 0 fully saturated rings. The number of nitrogens with two attached hydrogens (primary N) is 1. The summed E-state index contributed by atoms with van der Waals surface area (Å²) in [6, 6.07) is 20.7. The molecule has 146 valence electrons. The van der Waals surface area contributed by atoms with E-state index in [2.05, 4.69) is 102 Å². The van der Waals surface area contributed by atoms with Crippen LogP contribution in [0.25, 0.3) is 21.9 Å². The zero-order valence-electron chi connectivity index (χ0n) is 18.0. The first-order valence-electron chi connectivity index (χ1n) is 10.2. The molecule has 0 saturated heterocycles. The number of hydrogen-bond donors (Lipinski definition) is 1. The number of aryl methyl sites for hydroxylation is 1. The van der Waals surface area contributed by atoms with Crippen LogP contribution in [-0.4, -0.2) is 0 Å². The van der Waals surface area contributed by atoms with Crippen molar-refractivity contribution in [3.63, 3.8) is 0 Å². The Morgan fingerprint density at radius 3 is 1.96 bits per heavy atom. The second kappa shape index (κ2) is 7.47. The average molecular weight is 372 g/mol. The van der Waals surface area contributed by atoms with Crippen LogP contribution >= 0.6 is 0 Å². The smallest absolute Gasteiger partial charge is 0.0100 e. The van der Waals surface area contributed by atoms with Gasteiger partial charge in [-0.15, -0.1) is 0 Å². The summed E-state index contributed by atoms with van der Waals surface area (Å²) in [6.45, 7) is 14.9. The molecular formula is C27H33N. The van der Waals surface area contributed by atoms with Crippen LogP contribution in [-0.2, 0) is 10.8 Å². The van der Waals surface area contributed by atoms with Crippen molar-refractivity contribution in [3.8, 4) is 11.1 Å². The highest BCUT2D eigenvalue weighted by Gasteiger charge is 2.36. The standard InChI is InChI=1S/C25H28.C2H5N/c1-17-6-7-18-8-9-19(15-21(18)14-17)20-10-11-22-23(16-20)25(4,5)13-12-24(22,2)3;1-2-3/h6-11,14-16H,12-13H2,1-5H3;2H,1,3H2. The van der Waals surface area contributed by atoms with Gasteiger partial charge < -0.3 is 5.73 Å². The Morgan fingerprint density at radius 2 is 1.29 bits per heavy atom. The van der Waals surface area contributed by atoms with E-state index in [0.717, 1.165) is 0 Å². The molecule has 1 aliphatic rings. The fourth-order valence-corrected chi connectivity index (χ4v) is 4.31. The zero-order valence-corrected chi connectivity index (χ0v) is 18.0. The molecule has 0 unspecified atom stereocenters. The summed E-state index contributed by atoms with van der Waals surface area (Å²) in [5, 5.41) is 2.64. The van der Waals surface area contributed by atoms with E-state index in [9.17, 15) is 0 Å². The van der Waals surface area contributed by atoms with Gasteiger partial charge in [-0.3, -0.25) is 0 Å². The van der Waals surface area contributed by atoms with Crippen molar-refractivity contribution in [2.24, 2.45) is 5.73 Å². The molecule has 0 radical (unpaired) electrons. The van der Waals surface area contributed by atoms with E-state index in [-0.39, 0.29) is 10.8 Å². The lowest BCUT2D eigenvalue weighted by molar-refractivity contribution is 0.332. The molecule has 28 heavy (non-hydrogen) atoms. The highest BCUT2D eigenvalue weighted by Crippen LogP contribution is 2.46. The third kappa shape index (κ3) is 3.85. The molecule has 4 rings (SSSR count). The van der Waals surface area contributed by atoms with E-state index in [1.165, 1.54) is 57.6 Å². The molecule has 0 bridgehead atoms. The van der Waals surface area contributed by atoms with Gasteiger partial charge >= 0.3 is 0 Å². The SMILES string of the molecule is C=CN.Cc1ccc2ccc(-c3ccc4c(c3)C(C)(C)CCC4(C)C)cc2c1. The van der Waals surface area contributed by atoms with Crippen LogP contribution in [0.2, 0.25) is 0 Å². The molecule has 1 heteroatoms. The first kappa shape index (κ1) is 20.2. The Kier molecular flexibility index (Phi) is 5.39. The third-order valence-corrected chi connectivity index (χ3v) is 6.18. The van der Waals surface area contributed by atoms with Crippen molar-refractivity contribution in [2.45, 2.75) is 58.3 Å². The molecule has 1 aliphatic carbocycles. The van der Waals surface area contributed by atoms with Gasteiger partial charge in [-0.05, 0) is 75.9 Å². The summed E-state index contributed by atoms with van der Waals surface area (Å²) in [7, 11) is 0. The largest absolute Gasteiger partial charge is 0.405 e. The summed E-state index contributed by atoms with van der Waals surface area (Å²) in [5.74, 6) is 0. The number of rotatable bonds is 1. The molecule has 2 N–H and O–H groups in total. The lowest BCUT2D eigenvalue weighted by Gasteiger charge is -2.42. The van der Waals surface area contributed by atoms with Gasteiger partial charge in [-0.25, -0.2) is 0 Å². The quantitative estimate of drug-likeness (QED) is 0.479. The minimum Gasteiger partial charge on any atom is -0.405 e. The molecule has 0 aromatic heterocycles. The molecule has 0 aliphatic heterocycles. The molecular weight excluding hydrogens is 338 g/mol. The molecule has 3 aromatic carbocycles. The summed E-state index contributed by atoms with van der Waals surface area (Å²) in [6.07, 6.45) is 3.77. The van der Waals surface area contributed by atoms with Crippen molar-refractivity contribution in [1.29, 1.82) is 0 Å². The minimum atomic E-state index is 0.258. The Bertz CT molecular complexity index is 1010. The van der Waals surface area contributed by atoms with Crippen molar-refractivity contribution in [3.05, 3.63) is 84.1 Å². The molecule has 0 atom stereocenters. The molecule has 3 aromatic rings. The van der Waals surface area contributed by atoms with Gasteiger partial charge in [0, 0.05) is 0 Å². The van der Waals surface area contributed by atoms with Crippen LogP contribution in [0.1, 0.15) is 57.2 Å². The highest BCUT2D eigenvalue weighted by atomic mass is 14.5. The fraction of sp³-hybridized carbons (Fsp3) is 0.333. The van der Waals surface area contributed by atoms with Gasteiger partial charge in [0.15, 0.2) is 0 Å². The van der Waals surface area contributed by atoms with Crippen LogP contribution in [0.5, 0.6) is 0 Å². The highest BCUT2D eigenvalue weighted by molar-refractivity contribution is 5.88. The Morgan fingerprint density at radius 1 is 0.750 bits per heavy atom. The van der Waals surface area contributed by atoms with Crippen LogP contribution in [0.15, 0.2) is 67.4 Å².